The molecule has 3 fully saturated rings. The molecule has 1 N–H and O–H groups in total. The third-order valence-corrected chi connectivity index (χ3v) is 6.59. The van der Waals surface area contributed by atoms with Crippen molar-refractivity contribution in [3.63, 3.8) is 0 Å². The van der Waals surface area contributed by atoms with Crippen molar-refractivity contribution in [2.75, 3.05) is 13.1 Å². The Bertz CT molecular complexity index is 435. The van der Waals surface area contributed by atoms with Gasteiger partial charge in [0.2, 0.25) is 11.8 Å². The smallest absolute Gasteiger partial charge is 0.225 e. The van der Waals surface area contributed by atoms with E-state index in [2.05, 4.69) is 10.2 Å². The molecule has 0 aromatic rings. The highest BCUT2D eigenvalue weighted by Gasteiger charge is 2.35. The van der Waals surface area contributed by atoms with Gasteiger partial charge < -0.3 is 10.2 Å². The summed E-state index contributed by atoms with van der Waals surface area (Å²) in [6, 6.07) is 0.281. The zero-order valence-corrected chi connectivity index (χ0v) is 15.3. The van der Waals surface area contributed by atoms with Gasteiger partial charge in [0.15, 0.2) is 0 Å². The second kappa shape index (κ2) is 8.35. The molecule has 2 amide bonds. The average Bonchev–Trinajstić information content (AvgIpc) is 2.90. The van der Waals surface area contributed by atoms with Crippen LogP contribution in [-0.4, -0.2) is 35.8 Å². The quantitative estimate of drug-likeness (QED) is 0.803. The lowest BCUT2D eigenvalue weighted by Gasteiger charge is -2.31. The first-order chi connectivity index (χ1) is 11.6. The second-order valence-corrected chi connectivity index (χ2v) is 8.33. The van der Waals surface area contributed by atoms with Crippen molar-refractivity contribution in [3.8, 4) is 0 Å². The van der Waals surface area contributed by atoms with Crippen LogP contribution >= 0.6 is 0 Å². The molecule has 4 nitrogen and oxygen atoms in total. The Balaban J connectivity index is 1.45. The molecular weight excluding hydrogens is 300 g/mol. The third kappa shape index (κ3) is 4.52. The van der Waals surface area contributed by atoms with Crippen molar-refractivity contribution in [2.24, 2.45) is 17.8 Å². The first kappa shape index (κ1) is 17.8. The van der Waals surface area contributed by atoms with Gasteiger partial charge in [-0.2, -0.15) is 0 Å². The molecule has 0 radical (unpaired) electrons. The molecule has 1 atom stereocenters. The average molecular weight is 335 g/mol. The topological polar surface area (TPSA) is 49.4 Å². The summed E-state index contributed by atoms with van der Waals surface area (Å²) in [6.07, 6.45) is 13.4. The minimum atomic E-state index is 0.0514. The van der Waals surface area contributed by atoms with E-state index in [1.165, 1.54) is 44.9 Å². The molecule has 3 rings (SSSR count). The zero-order chi connectivity index (χ0) is 16.9. The van der Waals surface area contributed by atoms with Crippen LogP contribution in [0.1, 0.15) is 77.6 Å². The van der Waals surface area contributed by atoms with Gasteiger partial charge in [-0.15, -0.1) is 0 Å². The van der Waals surface area contributed by atoms with E-state index in [-0.39, 0.29) is 17.9 Å². The van der Waals surface area contributed by atoms with Crippen molar-refractivity contribution in [1.82, 2.24) is 10.2 Å². The lowest BCUT2D eigenvalue weighted by Crippen LogP contribution is -2.41. The van der Waals surface area contributed by atoms with Gasteiger partial charge in [-0.05, 0) is 43.9 Å². The molecule has 0 aromatic carbocycles. The Morgan fingerprint density at radius 2 is 1.50 bits per heavy atom. The summed E-state index contributed by atoms with van der Waals surface area (Å²) < 4.78 is 0. The number of amides is 2. The highest BCUT2D eigenvalue weighted by molar-refractivity contribution is 5.79. The summed E-state index contributed by atoms with van der Waals surface area (Å²) in [5, 5.41) is 3.00. The van der Waals surface area contributed by atoms with Crippen molar-refractivity contribution in [1.29, 1.82) is 0 Å². The number of nitrogens with zero attached hydrogens (tertiary/aromatic N) is 1. The minimum absolute atomic E-state index is 0.0514. The maximum Gasteiger partial charge on any atom is 0.225 e. The van der Waals surface area contributed by atoms with Gasteiger partial charge in [0.05, 0.1) is 0 Å². The van der Waals surface area contributed by atoms with Crippen LogP contribution in [0.15, 0.2) is 0 Å². The predicted molar refractivity (Wildman–Crippen MR) is 95.4 cm³/mol. The molecule has 0 bridgehead atoms. The van der Waals surface area contributed by atoms with Gasteiger partial charge >= 0.3 is 0 Å². The van der Waals surface area contributed by atoms with Crippen LogP contribution in [0, 0.1) is 17.8 Å². The summed E-state index contributed by atoms with van der Waals surface area (Å²) >= 11 is 0. The molecule has 0 spiro atoms. The molecule has 0 aromatic heterocycles. The fourth-order valence-electron chi connectivity index (χ4n) is 5.18. The van der Waals surface area contributed by atoms with Crippen molar-refractivity contribution in [2.45, 2.75) is 83.6 Å². The maximum atomic E-state index is 12.9. The summed E-state index contributed by atoms with van der Waals surface area (Å²) in [6.45, 7) is 3.57. The van der Waals surface area contributed by atoms with E-state index in [0.29, 0.717) is 5.91 Å². The van der Waals surface area contributed by atoms with Crippen LogP contribution < -0.4 is 5.32 Å². The highest BCUT2D eigenvalue weighted by Crippen LogP contribution is 2.35. The van der Waals surface area contributed by atoms with Crippen LogP contribution in [-0.2, 0) is 9.59 Å². The van der Waals surface area contributed by atoms with E-state index < -0.39 is 0 Å². The molecule has 136 valence electrons. The van der Waals surface area contributed by atoms with Crippen LogP contribution in [0.3, 0.4) is 0 Å². The van der Waals surface area contributed by atoms with E-state index >= 15 is 0 Å². The summed E-state index contributed by atoms with van der Waals surface area (Å²) in [7, 11) is 0. The van der Waals surface area contributed by atoms with Gasteiger partial charge in [-0.25, -0.2) is 0 Å². The first-order valence-electron chi connectivity index (χ1n) is 10.2. The Morgan fingerprint density at radius 3 is 2.12 bits per heavy atom. The molecule has 2 aliphatic carbocycles. The van der Waals surface area contributed by atoms with E-state index in [1.807, 2.05) is 0 Å². The second-order valence-electron chi connectivity index (χ2n) is 8.33. The lowest BCUT2D eigenvalue weighted by molar-refractivity contribution is -0.135. The minimum Gasteiger partial charge on any atom is -0.354 e. The van der Waals surface area contributed by atoms with Gasteiger partial charge in [-0.3, -0.25) is 9.59 Å². The molecule has 4 heteroatoms. The van der Waals surface area contributed by atoms with Crippen molar-refractivity contribution >= 4 is 11.8 Å². The summed E-state index contributed by atoms with van der Waals surface area (Å²) in [5.41, 5.74) is 0. The largest absolute Gasteiger partial charge is 0.354 e. The molecule has 1 saturated heterocycles. The molecule has 1 unspecified atom stereocenters. The van der Waals surface area contributed by atoms with E-state index in [4.69, 9.17) is 0 Å². The normalized spacial score (nSPS) is 32.4. The number of carbonyl (C=O) groups is 2. The monoisotopic (exact) mass is 334 g/mol. The van der Waals surface area contributed by atoms with Crippen LogP contribution in [0.5, 0.6) is 0 Å². The molecule has 24 heavy (non-hydrogen) atoms. The van der Waals surface area contributed by atoms with Gasteiger partial charge in [-0.1, -0.05) is 38.5 Å². The summed E-state index contributed by atoms with van der Waals surface area (Å²) in [4.78, 5) is 26.2. The standard InChI is InChI=1S/C20H34N2O2/c1-15(23)21-19-10-8-17(9-11-19)20(24)22-13-12-18(14-22)16-6-4-2-3-5-7-16/h16-19H,2-14H2,1H3,(H,21,23). The predicted octanol–water partition coefficient (Wildman–Crippen LogP) is 3.50. The van der Waals surface area contributed by atoms with Gasteiger partial charge in [0.1, 0.15) is 0 Å². The highest BCUT2D eigenvalue weighted by atomic mass is 16.2. The Morgan fingerprint density at radius 1 is 0.833 bits per heavy atom. The molecular formula is C20H34N2O2. The fraction of sp³-hybridized carbons (Fsp3) is 0.900. The maximum absolute atomic E-state index is 12.9. The SMILES string of the molecule is CC(=O)NC1CCC(C(=O)N2CCC(C3CCCCCC3)C2)CC1. The Labute approximate surface area is 146 Å². The molecule has 1 aliphatic heterocycles. The third-order valence-electron chi connectivity index (χ3n) is 6.59. The van der Waals surface area contributed by atoms with Gasteiger partial charge in [0.25, 0.3) is 0 Å². The van der Waals surface area contributed by atoms with Crippen LogP contribution in [0.4, 0.5) is 0 Å². The molecule has 1 heterocycles. The van der Waals surface area contributed by atoms with Gasteiger partial charge in [0, 0.05) is 32.0 Å². The number of hydrogen-bond donors (Lipinski definition) is 1. The number of hydrogen-bond acceptors (Lipinski definition) is 2. The number of rotatable bonds is 3. The van der Waals surface area contributed by atoms with Crippen LogP contribution in [0.2, 0.25) is 0 Å². The van der Waals surface area contributed by atoms with E-state index in [9.17, 15) is 9.59 Å². The number of likely N-dealkylation sites (tertiary alicyclic amines) is 1. The summed E-state index contributed by atoms with van der Waals surface area (Å²) in [5.74, 6) is 2.26. The Kier molecular flexibility index (Phi) is 6.18. The number of carbonyl (C=O) groups excluding carboxylic acids is 2. The fourth-order valence-corrected chi connectivity index (χ4v) is 5.18. The van der Waals surface area contributed by atoms with Crippen molar-refractivity contribution in [3.05, 3.63) is 0 Å². The lowest BCUT2D eigenvalue weighted by atomic mass is 9.84. The molecule has 2 saturated carbocycles. The zero-order valence-electron chi connectivity index (χ0n) is 15.3. The van der Waals surface area contributed by atoms with Crippen LogP contribution in [0.25, 0.3) is 0 Å². The van der Waals surface area contributed by atoms with E-state index in [1.54, 1.807) is 6.92 Å². The molecule has 3 aliphatic rings. The van der Waals surface area contributed by atoms with Crippen molar-refractivity contribution < 1.29 is 9.59 Å². The van der Waals surface area contributed by atoms with E-state index in [0.717, 1.165) is 50.6 Å². The Hall–Kier alpha value is -1.06. The number of nitrogens with one attached hydrogen (secondary N) is 1. The first-order valence-corrected chi connectivity index (χ1v) is 10.2.